The number of hydrogen-bond donors (Lipinski definition) is 0. The van der Waals surface area contributed by atoms with Gasteiger partial charge in [-0.3, -0.25) is 4.90 Å². The van der Waals surface area contributed by atoms with Crippen LogP contribution in [0, 0.1) is 16.7 Å². The lowest BCUT2D eigenvalue weighted by atomic mass is 10.0. The Labute approximate surface area is 126 Å². The molecule has 112 valence electrons. The molecule has 0 spiro atoms. The van der Waals surface area contributed by atoms with Gasteiger partial charge in [0.05, 0.1) is 13.2 Å². The first-order valence-electron chi connectivity index (χ1n) is 7.73. The number of nitrogens with zero attached hydrogens (tertiary/aromatic N) is 3. The molecule has 0 radical (unpaired) electrons. The van der Waals surface area contributed by atoms with Gasteiger partial charge in [0.2, 0.25) is 0 Å². The fourth-order valence-electron chi connectivity index (χ4n) is 3.17. The zero-order valence-corrected chi connectivity index (χ0v) is 12.7. The summed E-state index contributed by atoms with van der Waals surface area (Å²) >= 11 is 0. The molecule has 1 aliphatic carbocycles. The number of piperazine rings is 1. The standard InChI is InChI=1S/C17H23N3O/c1-21-16-4-2-15(3-5-16)20-12-10-19(11-13-20)14-17(6-7-17)8-9-18/h2-5H,6-8,10-14H2,1H3. The van der Waals surface area contributed by atoms with Crippen LogP contribution in [0.3, 0.4) is 0 Å². The van der Waals surface area contributed by atoms with E-state index in [0.29, 0.717) is 5.41 Å². The van der Waals surface area contributed by atoms with Gasteiger partial charge in [0.1, 0.15) is 5.75 Å². The Morgan fingerprint density at radius 2 is 1.81 bits per heavy atom. The van der Waals surface area contributed by atoms with Crippen molar-refractivity contribution in [2.75, 3.05) is 44.7 Å². The van der Waals surface area contributed by atoms with Crippen LogP contribution < -0.4 is 9.64 Å². The van der Waals surface area contributed by atoms with Crippen LogP contribution in [0.5, 0.6) is 5.75 Å². The number of benzene rings is 1. The smallest absolute Gasteiger partial charge is 0.119 e. The molecule has 1 saturated carbocycles. The topological polar surface area (TPSA) is 39.5 Å². The van der Waals surface area contributed by atoms with Gasteiger partial charge in [-0.2, -0.15) is 5.26 Å². The Bertz CT molecular complexity index is 508. The fourth-order valence-corrected chi connectivity index (χ4v) is 3.17. The Morgan fingerprint density at radius 1 is 1.14 bits per heavy atom. The van der Waals surface area contributed by atoms with Crippen molar-refractivity contribution in [3.8, 4) is 11.8 Å². The van der Waals surface area contributed by atoms with E-state index in [1.165, 1.54) is 18.5 Å². The molecule has 21 heavy (non-hydrogen) atoms. The van der Waals surface area contributed by atoms with Crippen molar-refractivity contribution >= 4 is 5.69 Å². The van der Waals surface area contributed by atoms with E-state index in [1.807, 2.05) is 12.1 Å². The third-order valence-electron chi connectivity index (χ3n) is 4.78. The quantitative estimate of drug-likeness (QED) is 0.833. The zero-order valence-electron chi connectivity index (χ0n) is 12.7. The van der Waals surface area contributed by atoms with Crippen molar-refractivity contribution < 1.29 is 4.74 Å². The zero-order chi connectivity index (χ0) is 14.7. The maximum absolute atomic E-state index is 8.92. The maximum Gasteiger partial charge on any atom is 0.119 e. The highest BCUT2D eigenvalue weighted by Gasteiger charge is 2.43. The molecule has 3 rings (SSSR count). The van der Waals surface area contributed by atoms with E-state index >= 15 is 0 Å². The predicted octanol–water partition coefficient (Wildman–Crippen LogP) is 2.51. The van der Waals surface area contributed by atoms with Gasteiger partial charge in [-0.15, -0.1) is 0 Å². The number of hydrogen-bond acceptors (Lipinski definition) is 4. The van der Waals surface area contributed by atoms with Crippen molar-refractivity contribution in [1.82, 2.24) is 4.90 Å². The number of ether oxygens (including phenoxy) is 1. The van der Waals surface area contributed by atoms with Crippen LogP contribution in [0.4, 0.5) is 5.69 Å². The largest absolute Gasteiger partial charge is 0.497 e. The molecule has 0 amide bonds. The fraction of sp³-hybridized carbons (Fsp3) is 0.588. The number of rotatable bonds is 5. The van der Waals surface area contributed by atoms with E-state index in [1.54, 1.807) is 7.11 Å². The number of methoxy groups -OCH3 is 1. The van der Waals surface area contributed by atoms with Crippen LogP contribution in [0.2, 0.25) is 0 Å². The van der Waals surface area contributed by atoms with Crippen molar-refractivity contribution in [3.05, 3.63) is 24.3 Å². The summed E-state index contributed by atoms with van der Waals surface area (Å²) in [6, 6.07) is 10.7. The van der Waals surface area contributed by atoms with E-state index in [0.717, 1.165) is 44.9 Å². The molecule has 2 fully saturated rings. The second kappa shape index (κ2) is 5.95. The van der Waals surface area contributed by atoms with E-state index < -0.39 is 0 Å². The monoisotopic (exact) mass is 285 g/mol. The van der Waals surface area contributed by atoms with Crippen LogP contribution >= 0.6 is 0 Å². The molecule has 4 heteroatoms. The molecular formula is C17H23N3O. The minimum Gasteiger partial charge on any atom is -0.497 e. The highest BCUT2D eigenvalue weighted by atomic mass is 16.5. The third kappa shape index (κ3) is 3.30. The molecule has 0 bridgehead atoms. The minimum absolute atomic E-state index is 0.330. The summed E-state index contributed by atoms with van der Waals surface area (Å²) < 4.78 is 5.21. The van der Waals surface area contributed by atoms with Gasteiger partial charge < -0.3 is 9.64 Å². The van der Waals surface area contributed by atoms with Crippen LogP contribution in [0.1, 0.15) is 19.3 Å². The molecule has 2 aliphatic rings. The Balaban J connectivity index is 1.51. The second-order valence-corrected chi connectivity index (χ2v) is 6.30. The first-order valence-corrected chi connectivity index (χ1v) is 7.73. The predicted molar refractivity (Wildman–Crippen MR) is 83.5 cm³/mol. The van der Waals surface area contributed by atoms with Crippen LogP contribution in [-0.2, 0) is 0 Å². The lowest BCUT2D eigenvalue weighted by Gasteiger charge is -2.37. The molecule has 1 aromatic carbocycles. The summed E-state index contributed by atoms with van der Waals surface area (Å²) in [5.41, 5.74) is 1.60. The summed E-state index contributed by atoms with van der Waals surface area (Å²) in [6.07, 6.45) is 3.20. The summed E-state index contributed by atoms with van der Waals surface area (Å²) in [5.74, 6) is 0.907. The first-order chi connectivity index (χ1) is 10.2. The second-order valence-electron chi connectivity index (χ2n) is 6.30. The normalized spacial score (nSPS) is 20.9. The first kappa shape index (κ1) is 14.2. The molecular weight excluding hydrogens is 262 g/mol. The minimum atomic E-state index is 0.330. The molecule has 0 atom stereocenters. The SMILES string of the molecule is COc1ccc(N2CCN(CC3(CC#N)CC3)CC2)cc1. The molecule has 0 aromatic heterocycles. The highest BCUT2D eigenvalue weighted by molar-refractivity contribution is 5.49. The van der Waals surface area contributed by atoms with Crippen molar-refractivity contribution in [2.45, 2.75) is 19.3 Å². The number of anilines is 1. The molecule has 0 N–H and O–H groups in total. The Morgan fingerprint density at radius 3 is 2.33 bits per heavy atom. The Kier molecular flexibility index (Phi) is 4.03. The van der Waals surface area contributed by atoms with Gasteiger partial charge in [0.25, 0.3) is 0 Å². The summed E-state index contributed by atoms with van der Waals surface area (Å²) in [5, 5.41) is 8.92. The maximum atomic E-state index is 8.92. The van der Waals surface area contributed by atoms with Crippen LogP contribution in [0.25, 0.3) is 0 Å². The average Bonchev–Trinajstić information content (AvgIpc) is 3.28. The molecule has 1 aromatic rings. The van der Waals surface area contributed by atoms with Gasteiger partial charge in [-0.05, 0) is 42.5 Å². The Hall–Kier alpha value is -1.73. The van der Waals surface area contributed by atoms with Crippen molar-refractivity contribution in [3.63, 3.8) is 0 Å². The van der Waals surface area contributed by atoms with Gasteiger partial charge in [0.15, 0.2) is 0 Å². The van der Waals surface area contributed by atoms with E-state index in [4.69, 9.17) is 10.00 Å². The van der Waals surface area contributed by atoms with Gasteiger partial charge >= 0.3 is 0 Å². The third-order valence-corrected chi connectivity index (χ3v) is 4.78. The lowest BCUT2D eigenvalue weighted by molar-refractivity contribution is 0.209. The highest BCUT2D eigenvalue weighted by Crippen LogP contribution is 2.49. The van der Waals surface area contributed by atoms with E-state index in [9.17, 15) is 0 Å². The van der Waals surface area contributed by atoms with Crippen LogP contribution in [-0.4, -0.2) is 44.7 Å². The molecule has 1 saturated heterocycles. The number of nitriles is 1. The van der Waals surface area contributed by atoms with E-state index in [-0.39, 0.29) is 0 Å². The summed E-state index contributed by atoms with van der Waals surface area (Å²) in [6.45, 7) is 5.43. The van der Waals surface area contributed by atoms with E-state index in [2.05, 4.69) is 28.0 Å². The average molecular weight is 285 g/mol. The molecule has 4 nitrogen and oxygen atoms in total. The molecule has 0 unspecified atom stereocenters. The van der Waals surface area contributed by atoms with Gasteiger partial charge in [-0.1, -0.05) is 0 Å². The molecule has 1 aliphatic heterocycles. The van der Waals surface area contributed by atoms with Crippen molar-refractivity contribution in [1.29, 1.82) is 5.26 Å². The lowest BCUT2D eigenvalue weighted by Crippen LogP contribution is -2.48. The molecule has 1 heterocycles. The van der Waals surface area contributed by atoms with Gasteiger partial charge in [0, 0.05) is 44.8 Å². The summed E-state index contributed by atoms with van der Waals surface area (Å²) in [4.78, 5) is 4.96. The van der Waals surface area contributed by atoms with Crippen LogP contribution in [0.15, 0.2) is 24.3 Å². The van der Waals surface area contributed by atoms with Gasteiger partial charge in [-0.25, -0.2) is 0 Å². The van der Waals surface area contributed by atoms with Crippen molar-refractivity contribution in [2.24, 2.45) is 5.41 Å². The summed E-state index contributed by atoms with van der Waals surface area (Å²) in [7, 11) is 1.70.